The third-order valence-electron chi connectivity index (χ3n) is 6.60. The van der Waals surface area contributed by atoms with E-state index in [1.54, 1.807) is 56.0 Å². The van der Waals surface area contributed by atoms with Gasteiger partial charge in [-0.15, -0.1) is 11.3 Å². The minimum atomic E-state index is -0.482. The quantitative estimate of drug-likeness (QED) is 0.169. The standard InChI is InChI=1S/C31H29BrN2O4S/c1-18-16-31(2,3)34-23-11-10-22(28(27(18)23)29(37-5)25-12-13-26(32)39-25)21-9-8-20(15-24(21)36-4)38-30(35)19-7-6-14-33-17-19/h6-17,29,34H,1-5H3. The zero-order chi connectivity index (χ0) is 27.7. The Morgan fingerprint density at radius 3 is 2.54 bits per heavy atom. The van der Waals surface area contributed by atoms with Crippen molar-refractivity contribution in [3.05, 3.63) is 98.4 Å². The van der Waals surface area contributed by atoms with E-state index < -0.39 is 5.97 Å². The second kappa shape index (κ2) is 11.0. The number of nitrogens with zero attached hydrogens (tertiary/aromatic N) is 1. The maximum atomic E-state index is 12.6. The molecule has 0 fully saturated rings. The number of thiophene rings is 1. The lowest BCUT2D eigenvalue weighted by Crippen LogP contribution is -2.32. The largest absolute Gasteiger partial charge is 0.496 e. The van der Waals surface area contributed by atoms with E-state index in [-0.39, 0.29) is 11.6 Å². The van der Waals surface area contributed by atoms with Gasteiger partial charge < -0.3 is 19.5 Å². The number of fused-ring (bicyclic) bond motifs is 1. The van der Waals surface area contributed by atoms with Crippen molar-refractivity contribution in [3.63, 3.8) is 0 Å². The summed E-state index contributed by atoms with van der Waals surface area (Å²) < 4.78 is 18.7. The molecular weight excluding hydrogens is 576 g/mol. The first-order chi connectivity index (χ1) is 18.7. The highest BCUT2D eigenvalue weighted by Gasteiger charge is 2.31. The first-order valence-corrected chi connectivity index (χ1v) is 14.0. The number of rotatable bonds is 7. The smallest absolute Gasteiger partial charge is 0.345 e. The van der Waals surface area contributed by atoms with Gasteiger partial charge in [0.15, 0.2) is 0 Å². The molecule has 6 nitrogen and oxygen atoms in total. The van der Waals surface area contributed by atoms with Crippen LogP contribution in [-0.2, 0) is 4.74 Å². The summed E-state index contributed by atoms with van der Waals surface area (Å²) in [5.41, 5.74) is 6.41. The molecule has 0 aliphatic carbocycles. The van der Waals surface area contributed by atoms with E-state index in [2.05, 4.69) is 71.3 Å². The molecule has 39 heavy (non-hydrogen) atoms. The van der Waals surface area contributed by atoms with Gasteiger partial charge in [0, 0.05) is 52.8 Å². The molecule has 0 saturated heterocycles. The van der Waals surface area contributed by atoms with Crippen LogP contribution in [0.25, 0.3) is 16.7 Å². The molecule has 1 aliphatic heterocycles. The highest BCUT2D eigenvalue weighted by Crippen LogP contribution is 2.48. The molecule has 0 radical (unpaired) electrons. The third kappa shape index (κ3) is 5.50. The van der Waals surface area contributed by atoms with E-state index >= 15 is 0 Å². The third-order valence-corrected chi connectivity index (χ3v) is 8.26. The van der Waals surface area contributed by atoms with Gasteiger partial charge >= 0.3 is 5.97 Å². The Morgan fingerprint density at radius 2 is 1.87 bits per heavy atom. The molecule has 5 rings (SSSR count). The summed E-state index contributed by atoms with van der Waals surface area (Å²) in [4.78, 5) is 17.7. The summed E-state index contributed by atoms with van der Waals surface area (Å²) in [6.45, 7) is 6.46. The predicted molar refractivity (Wildman–Crippen MR) is 160 cm³/mol. The second-order valence-electron chi connectivity index (χ2n) is 9.87. The molecule has 1 aliphatic rings. The molecule has 1 atom stereocenters. The number of anilines is 1. The molecule has 0 saturated carbocycles. The molecule has 1 N–H and O–H groups in total. The summed E-state index contributed by atoms with van der Waals surface area (Å²) in [5.74, 6) is 0.485. The number of pyridine rings is 1. The van der Waals surface area contributed by atoms with Crippen LogP contribution in [0.3, 0.4) is 0 Å². The van der Waals surface area contributed by atoms with Crippen molar-refractivity contribution in [3.8, 4) is 22.6 Å². The van der Waals surface area contributed by atoms with Crippen LogP contribution in [0.5, 0.6) is 11.5 Å². The van der Waals surface area contributed by atoms with Gasteiger partial charge in [-0.25, -0.2) is 4.79 Å². The van der Waals surface area contributed by atoms with Crippen LogP contribution in [0.15, 0.2) is 76.9 Å². The van der Waals surface area contributed by atoms with Crippen LogP contribution < -0.4 is 14.8 Å². The Kier molecular flexibility index (Phi) is 7.62. The van der Waals surface area contributed by atoms with Crippen LogP contribution in [0.1, 0.15) is 53.2 Å². The Morgan fingerprint density at radius 1 is 1.08 bits per heavy atom. The van der Waals surface area contributed by atoms with Crippen molar-refractivity contribution >= 4 is 44.5 Å². The SMILES string of the molecule is COc1cc(OC(=O)c2cccnc2)ccc1-c1ccc2c(c1C(OC)c1ccc(Br)s1)C(C)=CC(C)(C)N2. The highest BCUT2D eigenvalue weighted by atomic mass is 79.9. The van der Waals surface area contributed by atoms with E-state index in [1.165, 1.54) is 11.8 Å². The number of hydrogen-bond acceptors (Lipinski definition) is 7. The summed E-state index contributed by atoms with van der Waals surface area (Å²) in [6.07, 6.45) is 5.02. The van der Waals surface area contributed by atoms with Crippen LogP contribution in [0, 0.1) is 0 Å². The van der Waals surface area contributed by atoms with Gasteiger partial charge in [0.25, 0.3) is 0 Å². The van der Waals surface area contributed by atoms with E-state index in [0.717, 1.165) is 36.6 Å². The van der Waals surface area contributed by atoms with Gasteiger partial charge in [-0.3, -0.25) is 4.98 Å². The zero-order valence-electron chi connectivity index (χ0n) is 22.4. The number of ether oxygens (including phenoxy) is 3. The molecule has 2 aromatic heterocycles. The normalized spacial score (nSPS) is 14.6. The molecule has 8 heteroatoms. The Bertz CT molecular complexity index is 1560. The fraction of sp³-hybridized carbons (Fsp3) is 0.226. The monoisotopic (exact) mass is 604 g/mol. The Labute approximate surface area is 240 Å². The van der Waals surface area contributed by atoms with Crippen molar-refractivity contribution in [2.75, 3.05) is 19.5 Å². The first kappa shape index (κ1) is 27.1. The average molecular weight is 606 g/mol. The number of carbonyl (C=O) groups is 1. The number of nitrogens with one attached hydrogen (secondary N) is 1. The molecule has 0 bridgehead atoms. The number of methoxy groups -OCH3 is 2. The van der Waals surface area contributed by atoms with Crippen LogP contribution in [-0.4, -0.2) is 30.7 Å². The fourth-order valence-electron chi connectivity index (χ4n) is 5.10. The Hall–Kier alpha value is -3.46. The molecule has 3 heterocycles. The van der Waals surface area contributed by atoms with Crippen LogP contribution >= 0.6 is 27.3 Å². The maximum absolute atomic E-state index is 12.6. The van der Waals surface area contributed by atoms with Crippen molar-refractivity contribution in [1.29, 1.82) is 0 Å². The predicted octanol–water partition coefficient (Wildman–Crippen LogP) is 8.14. The Balaban J connectivity index is 1.65. The van der Waals surface area contributed by atoms with Crippen LogP contribution in [0.2, 0.25) is 0 Å². The molecule has 2 aromatic carbocycles. The van der Waals surface area contributed by atoms with Gasteiger partial charge in [-0.05, 0) is 90.3 Å². The van der Waals surface area contributed by atoms with Crippen molar-refractivity contribution in [2.24, 2.45) is 0 Å². The number of aromatic nitrogens is 1. The molecule has 200 valence electrons. The number of carbonyl (C=O) groups excluding carboxylic acids is 1. The van der Waals surface area contributed by atoms with Crippen molar-refractivity contribution in [2.45, 2.75) is 32.4 Å². The number of hydrogen-bond donors (Lipinski definition) is 1. The molecule has 1 unspecified atom stereocenters. The molecule has 0 amide bonds. The average Bonchev–Trinajstić information content (AvgIpc) is 3.34. The van der Waals surface area contributed by atoms with Gasteiger partial charge in [-0.1, -0.05) is 12.1 Å². The lowest BCUT2D eigenvalue weighted by molar-refractivity contribution is 0.0734. The van der Waals surface area contributed by atoms with Gasteiger partial charge in [0.1, 0.15) is 17.6 Å². The van der Waals surface area contributed by atoms with Gasteiger partial charge in [0.05, 0.1) is 22.0 Å². The maximum Gasteiger partial charge on any atom is 0.345 e. The summed E-state index contributed by atoms with van der Waals surface area (Å²) >= 11 is 5.25. The molecule has 0 spiro atoms. The van der Waals surface area contributed by atoms with E-state index in [0.29, 0.717) is 17.1 Å². The number of allylic oxidation sites excluding steroid dienone is 1. The topological polar surface area (TPSA) is 69.7 Å². The minimum absolute atomic E-state index is 0.179. The minimum Gasteiger partial charge on any atom is -0.496 e. The number of halogens is 1. The van der Waals surface area contributed by atoms with Crippen molar-refractivity contribution < 1.29 is 19.0 Å². The van der Waals surface area contributed by atoms with Crippen LogP contribution in [0.4, 0.5) is 5.69 Å². The zero-order valence-corrected chi connectivity index (χ0v) is 24.8. The summed E-state index contributed by atoms with van der Waals surface area (Å²) in [6, 6.07) is 17.1. The van der Waals surface area contributed by atoms with E-state index in [4.69, 9.17) is 14.2 Å². The summed E-state index contributed by atoms with van der Waals surface area (Å²) in [7, 11) is 3.35. The molecule has 4 aromatic rings. The lowest BCUT2D eigenvalue weighted by Gasteiger charge is -2.35. The number of esters is 1. The first-order valence-electron chi connectivity index (χ1n) is 12.4. The second-order valence-corrected chi connectivity index (χ2v) is 12.4. The lowest BCUT2D eigenvalue weighted by atomic mass is 9.82. The number of benzene rings is 2. The van der Waals surface area contributed by atoms with E-state index in [1.807, 2.05) is 12.1 Å². The fourth-order valence-corrected chi connectivity index (χ4v) is 6.62. The van der Waals surface area contributed by atoms with Gasteiger partial charge in [-0.2, -0.15) is 0 Å². The van der Waals surface area contributed by atoms with E-state index in [9.17, 15) is 4.79 Å². The van der Waals surface area contributed by atoms with Gasteiger partial charge in [0.2, 0.25) is 0 Å². The molecular formula is C31H29BrN2O4S. The summed E-state index contributed by atoms with van der Waals surface area (Å²) in [5, 5.41) is 3.66. The van der Waals surface area contributed by atoms with Crippen molar-refractivity contribution in [1.82, 2.24) is 4.98 Å². The highest BCUT2D eigenvalue weighted by molar-refractivity contribution is 9.11.